The number of hydrogen-bond donors (Lipinski definition) is 0. The maximum atomic E-state index is 13.3. The van der Waals surface area contributed by atoms with Crippen molar-refractivity contribution >= 4 is 25.3 Å². The third-order valence-electron chi connectivity index (χ3n) is 7.56. The van der Waals surface area contributed by atoms with Crippen molar-refractivity contribution in [2.75, 3.05) is 4.90 Å². The standard InChI is InChI=1S/C26H42BNO2/c1-7-9-10-11-13-19(12-8-2)22-18-23(29)28(24(22)30)21-16-14-20(15-17-21)25(3,4)26(5,6)27/h14-17,19,22H,7-13,18,27H2,1-6H3. The molecule has 0 aromatic heterocycles. The molecule has 2 atom stereocenters. The van der Waals surface area contributed by atoms with Crippen molar-refractivity contribution in [1.29, 1.82) is 0 Å². The molecule has 1 fully saturated rings. The number of benzene rings is 1. The van der Waals surface area contributed by atoms with Crippen molar-refractivity contribution in [3.63, 3.8) is 0 Å². The lowest BCUT2D eigenvalue weighted by molar-refractivity contribution is -0.123. The minimum absolute atomic E-state index is 0.00218. The van der Waals surface area contributed by atoms with E-state index in [4.69, 9.17) is 0 Å². The monoisotopic (exact) mass is 411 g/mol. The summed E-state index contributed by atoms with van der Waals surface area (Å²) >= 11 is 0. The molecule has 1 aromatic carbocycles. The molecular formula is C26H42BNO2. The zero-order valence-corrected chi connectivity index (χ0v) is 20.4. The molecular weight excluding hydrogens is 369 g/mol. The quantitative estimate of drug-likeness (QED) is 0.252. The molecule has 3 nitrogen and oxygen atoms in total. The van der Waals surface area contributed by atoms with Crippen LogP contribution in [0.25, 0.3) is 0 Å². The highest BCUT2D eigenvalue weighted by Gasteiger charge is 2.43. The van der Waals surface area contributed by atoms with E-state index in [1.165, 1.54) is 29.7 Å². The summed E-state index contributed by atoms with van der Waals surface area (Å²) in [5, 5.41) is 0.115. The normalized spacial score (nSPS) is 18.9. The second-order valence-electron chi connectivity index (χ2n) is 10.7. The molecule has 1 aliphatic heterocycles. The Labute approximate surface area is 185 Å². The fourth-order valence-electron chi connectivity index (χ4n) is 4.51. The summed E-state index contributed by atoms with van der Waals surface area (Å²) in [4.78, 5) is 27.5. The largest absolute Gasteiger partial charge is 0.274 e. The fraction of sp³-hybridized carbons (Fsp3) is 0.692. The van der Waals surface area contributed by atoms with Gasteiger partial charge in [-0.1, -0.05) is 91.1 Å². The number of carbonyl (C=O) groups excluding carboxylic acids is 2. The Balaban J connectivity index is 2.17. The molecule has 1 saturated heterocycles. The van der Waals surface area contributed by atoms with Gasteiger partial charge in [-0.25, -0.2) is 0 Å². The summed E-state index contributed by atoms with van der Waals surface area (Å²) in [6.07, 6.45) is 8.37. The number of carbonyl (C=O) groups is 2. The van der Waals surface area contributed by atoms with Crippen LogP contribution in [0.1, 0.15) is 98.5 Å². The van der Waals surface area contributed by atoms with Crippen molar-refractivity contribution < 1.29 is 9.59 Å². The highest BCUT2D eigenvalue weighted by molar-refractivity contribution is 6.21. The summed E-state index contributed by atoms with van der Waals surface area (Å²) in [5.74, 6) is 0.149. The first-order chi connectivity index (χ1) is 14.0. The molecule has 0 radical (unpaired) electrons. The number of amides is 2. The Kier molecular flexibility index (Phi) is 8.36. The van der Waals surface area contributed by atoms with Gasteiger partial charge in [0.1, 0.15) is 7.85 Å². The zero-order chi connectivity index (χ0) is 22.5. The Hall–Kier alpha value is -1.58. The molecule has 1 aliphatic rings. The van der Waals surface area contributed by atoms with Gasteiger partial charge in [-0.15, -0.1) is 0 Å². The molecule has 2 unspecified atom stereocenters. The van der Waals surface area contributed by atoms with Crippen LogP contribution in [0.2, 0.25) is 5.31 Å². The maximum absolute atomic E-state index is 13.3. The molecule has 30 heavy (non-hydrogen) atoms. The van der Waals surface area contributed by atoms with Gasteiger partial charge in [0, 0.05) is 6.42 Å². The Morgan fingerprint density at radius 1 is 0.967 bits per heavy atom. The molecule has 0 saturated carbocycles. The molecule has 2 rings (SSSR count). The molecule has 1 aromatic rings. The number of hydrogen-bond acceptors (Lipinski definition) is 2. The van der Waals surface area contributed by atoms with Gasteiger partial charge in [-0.2, -0.15) is 0 Å². The topological polar surface area (TPSA) is 37.4 Å². The molecule has 1 heterocycles. The minimum Gasteiger partial charge on any atom is -0.274 e. The third-order valence-corrected chi connectivity index (χ3v) is 7.56. The molecule has 166 valence electrons. The van der Waals surface area contributed by atoms with Gasteiger partial charge in [0.2, 0.25) is 11.8 Å². The van der Waals surface area contributed by atoms with Crippen molar-refractivity contribution in [1.82, 2.24) is 0 Å². The number of anilines is 1. The first-order valence-electron chi connectivity index (χ1n) is 12.0. The van der Waals surface area contributed by atoms with Crippen molar-refractivity contribution in [2.24, 2.45) is 11.8 Å². The number of unbranched alkanes of at least 4 members (excludes halogenated alkanes) is 3. The van der Waals surface area contributed by atoms with E-state index in [0.717, 1.165) is 31.4 Å². The van der Waals surface area contributed by atoms with Crippen LogP contribution < -0.4 is 4.90 Å². The van der Waals surface area contributed by atoms with E-state index in [1.807, 2.05) is 12.1 Å². The highest BCUT2D eigenvalue weighted by atomic mass is 16.2. The first-order valence-corrected chi connectivity index (χ1v) is 12.0. The SMILES string of the molecule is BC(C)(C)C(C)(C)c1ccc(N2C(=O)CC(C(CCC)CCCCCC)C2=O)cc1. The average Bonchev–Trinajstić information content (AvgIpc) is 2.97. The van der Waals surface area contributed by atoms with Gasteiger partial charge in [0.05, 0.1) is 11.6 Å². The van der Waals surface area contributed by atoms with E-state index in [9.17, 15) is 9.59 Å². The second kappa shape index (κ2) is 10.2. The lowest BCUT2D eigenvalue weighted by atomic mass is 9.54. The van der Waals surface area contributed by atoms with Crippen LogP contribution in [-0.2, 0) is 15.0 Å². The fourth-order valence-corrected chi connectivity index (χ4v) is 4.51. The summed E-state index contributed by atoms with van der Waals surface area (Å²) < 4.78 is 0. The molecule has 0 spiro atoms. The Morgan fingerprint density at radius 2 is 1.60 bits per heavy atom. The van der Waals surface area contributed by atoms with Gasteiger partial charge in [0.15, 0.2) is 0 Å². The Morgan fingerprint density at radius 3 is 2.13 bits per heavy atom. The van der Waals surface area contributed by atoms with Crippen molar-refractivity contribution in [2.45, 2.75) is 104 Å². The molecule has 0 N–H and O–H groups in total. The van der Waals surface area contributed by atoms with Crippen molar-refractivity contribution in [3.05, 3.63) is 29.8 Å². The summed E-state index contributed by atoms with van der Waals surface area (Å²) in [6, 6.07) is 8.08. The van der Waals surface area contributed by atoms with Crippen LogP contribution in [0.5, 0.6) is 0 Å². The van der Waals surface area contributed by atoms with Crippen LogP contribution in [-0.4, -0.2) is 19.7 Å². The van der Waals surface area contributed by atoms with E-state index >= 15 is 0 Å². The molecule has 0 aliphatic carbocycles. The number of imide groups is 1. The third kappa shape index (κ3) is 5.37. The molecule has 4 heteroatoms. The number of rotatable bonds is 11. The van der Waals surface area contributed by atoms with E-state index in [0.29, 0.717) is 12.3 Å². The van der Waals surface area contributed by atoms with Crippen LogP contribution in [0.3, 0.4) is 0 Å². The van der Waals surface area contributed by atoms with Crippen molar-refractivity contribution in [3.8, 4) is 0 Å². The van der Waals surface area contributed by atoms with Gasteiger partial charge in [-0.3, -0.25) is 14.5 Å². The van der Waals surface area contributed by atoms with Gasteiger partial charge in [-0.05, 0) is 41.9 Å². The van der Waals surface area contributed by atoms with Gasteiger partial charge in [0.25, 0.3) is 0 Å². The summed E-state index contributed by atoms with van der Waals surface area (Å²) in [5.41, 5.74) is 1.95. The number of nitrogens with zero attached hydrogens (tertiary/aromatic N) is 1. The average molecular weight is 411 g/mol. The maximum Gasteiger partial charge on any atom is 0.237 e. The summed E-state index contributed by atoms with van der Waals surface area (Å²) in [7, 11) is 2.24. The minimum atomic E-state index is -0.148. The van der Waals surface area contributed by atoms with Crippen LogP contribution in [0, 0.1) is 11.8 Å². The van der Waals surface area contributed by atoms with E-state index in [2.05, 4.69) is 61.5 Å². The second-order valence-corrected chi connectivity index (χ2v) is 10.7. The predicted molar refractivity (Wildman–Crippen MR) is 130 cm³/mol. The molecule has 2 amide bonds. The van der Waals surface area contributed by atoms with E-state index in [1.54, 1.807) is 0 Å². The van der Waals surface area contributed by atoms with Gasteiger partial charge < -0.3 is 0 Å². The van der Waals surface area contributed by atoms with Crippen LogP contribution >= 0.6 is 0 Å². The van der Waals surface area contributed by atoms with Gasteiger partial charge >= 0.3 is 0 Å². The highest BCUT2D eigenvalue weighted by Crippen LogP contribution is 2.45. The summed E-state index contributed by atoms with van der Waals surface area (Å²) in [6.45, 7) is 13.4. The smallest absolute Gasteiger partial charge is 0.237 e. The lowest BCUT2D eigenvalue weighted by Gasteiger charge is -2.39. The Bertz CT molecular complexity index is 718. The van der Waals surface area contributed by atoms with Crippen LogP contribution in [0.4, 0.5) is 5.69 Å². The predicted octanol–water partition coefficient (Wildman–Crippen LogP) is 6.06. The van der Waals surface area contributed by atoms with E-state index < -0.39 is 0 Å². The first kappa shape index (κ1) is 24.7. The lowest BCUT2D eigenvalue weighted by Crippen LogP contribution is -2.33. The zero-order valence-electron chi connectivity index (χ0n) is 20.4. The van der Waals surface area contributed by atoms with E-state index in [-0.39, 0.29) is 28.5 Å². The molecule has 0 bridgehead atoms. The van der Waals surface area contributed by atoms with Crippen LogP contribution in [0.15, 0.2) is 24.3 Å².